The minimum Gasteiger partial charge on any atom is -0.348 e. The Kier molecular flexibility index (Phi) is 4.57. The van der Waals surface area contributed by atoms with Crippen molar-refractivity contribution >= 4 is 5.91 Å². The summed E-state index contributed by atoms with van der Waals surface area (Å²) in [6.07, 6.45) is 6.92. The molecule has 0 aliphatic carbocycles. The molecule has 0 spiro atoms. The van der Waals surface area contributed by atoms with Gasteiger partial charge in [-0.25, -0.2) is 4.98 Å². The molecule has 132 valence electrons. The summed E-state index contributed by atoms with van der Waals surface area (Å²) in [7, 11) is 0. The predicted octanol–water partition coefficient (Wildman–Crippen LogP) is 2.56. The van der Waals surface area contributed by atoms with E-state index in [1.807, 2.05) is 17.3 Å². The third-order valence-electron chi connectivity index (χ3n) is 5.71. The zero-order chi connectivity index (χ0) is 17.2. The molecular weight excluding hydrogens is 312 g/mol. The van der Waals surface area contributed by atoms with Gasteiger partial charge in [0.1, 0.15) is 5.82 Å². The van der Waals surface area contributed by atoms with Gasteiger partial charge in [0.25, 0.3) is 0 Å². The number of fused-ring (bicyclic) bond motifs is 1. The average molecular weight is 338 g/mol. The number of aromatic nitrogens is 2. The fourth-order valence-electron chi connectivity index (χ4n) is 4.19. The van der Waals surface area contributed by atoms with Gasteiger partial charge in [-0.2, -0.15) is 0 Å². The summed E-state index contributed by atoms with van der Waals surface area (Å²) >= 11 is 0. The molecule has 1 fully saturated rings. The molecule has 2 aliphatic rings. The predicted molar refractivity (Wildman–Crippen MR) is 97.2 cm³/mol. The number of piperidine rings is 1. The Hall–Kier alpha value is -2.14. The van der Waals surface area contributed by atoms with Crippen molar-refractivity contribution < 1.29 is 4.79 Å². The number of benzene rings is 1. The van der Waals surface area contributed by atoms with E-state index in [2.05, 4.69) is 46.1 Å². The monoisotopic (exact) mass is 338 g/mol. The topological polar surface area (TPSA) is 52.2 Å². The third-order valence-corrected chi connectivity index (χ3v) is 5.71. The van der Waals surface area contributed by atoms with E-state index in [1.165, 1.54) is 11.1 Å². The van der Waals surface area contributed by atoms with Crippen LogP contribution in [0.1, 0.15) is 42.6 Å². The van der Waals surface area contributed by atoms with Crippen LogP contribution in [0.5, 0.6) is 0 Å². The van der Waals surface area contributed by atoms with E-state index in [0.29, 0.717) is 5.92 Å². The normalized spacial score (nSPS) is 22.4. The number of amides is 1. The van der Waals surface area contributed by atoms with E-state index in [0.717, 1.165) is 51.3 Å². The van der Waals surface area contributed by atoms with Crippen molar-refractivity contribution in [3.8, 4) is 0 Å². The molecule has 2 aliphatic heterocycles. The number of hydrogen-bond acceptors (Lipinski definition) is 3. The first-order chi connectivity index (χ1) is 12.2. The van der Waals surface area contributed by atoms with Crippen molar-refractivity contribution in [1.29, 1.82) is 0 Å². The lowest BCUT2D eigenvalue weighted by molar-refractivity contribution is -0.137. The molecule has 25 heavy (non-hydrogen) atoms. The Morgan fingerprint density at radius 3 is 2.92 bits per heavy atom. The summed E-state index contributed by atoms with van der Waals surface area (Å²) in [5.74, 6) is 1.71. The fraction of sp³-hybridized carbons (Fsp3) is 0.500. The number of imidazole rings is 1. The van der Waals surface area contributed by atoms with Crippen LogP contribution in [-0.4, -0.2) is 51.4 Å². The van der Waals surface area contributed by atoms with E-state index < -0.39 is 0 Å². The Bertz CT molecular complexity index is 727. The van der Waals surface area contributed by atoms with Crippen LogP contribution in [0, 0.1) is 0 Å². The first-order valence-electron chi connectivity index (χ1n) is 9.31. The zero-order valence-electron chi connectivity index (χ0n) is 14.8. The van der Waals surface area contributed by atoms with Gasteiger partial charge in [-0.05, 0) is 43.9 Å². The van der Waals surface area contributed by atoms with Gasteiger partial charge in [0.2, 0.25) is 5.91 Å². The Morgan fingerprint density at radius 2 is 2.12 bits per heavy atom. The van der Waals surface area contributed by atoms with Crippen LogP contribution < -0.4 is 0 Å². The summed E-state index contributed by atoms with van der Waals surface area (Å²) < 4.78 is 0. The van der Waals surface area contributed by atoms with Gasteiger partial charge in [-0.3, -0.25) is 9.69 Å². The van der Waals surface area contributed by atoms with Crippen LogP contribution >= 0.6 is 0 Å². The van der Waals surface area contributed by atoms with E-state index >= 15 is 0 Å². The highest BCUT2D eigenvalue weighted by Crippen LogP contribution is 2.27. The lowest BCUT2D eigenvalue weighted by Crippen LogP contribution is -2.51. The van der Waals surface area contributed by atoms with Gasteiger partial charge < -0.3 is 9.88 Å². The smallest absolute Gasteiger partial charge is 0.239 e. The molecule has 5 nitrogen and oxygen atoms in total. The Labute approximate surface area is 149 Å². The van der Waals surface area contributed by atoms with E-state index in [4.69, 9.17) is 0 Å². The maximum absolute atomic E-state index is 13.1. The second-order valence-corrected chi connectivity index (χ2v) is 7.26. The van der Waals surface area contributed by atoms with Crippen LogP contribution in [0.3, 0.4) is 0 Å². The molecule has 1 aromatic heterocycles. The maximum Gasteiger partial charge on any atom is 0.239 e. The number of carbonyl (C=O) groups is 1. The quantitative estimate of drug-likeness (QED) is 0.936. The van der Waals surface area contributed by atoms with Gasteiger partial charge in [0.15, 0.2) is 0 Å². The first kappa shape index (κ1) is 16.3. The molecule has 2 aromatic rings. The molecule has 0 bridgehead atoms. The van der Waals surface area contributed by atoms with Gasteiger partial charge >= 0.3 is 0 Å². The Balaban J connectivity index is 1.42. The zero-order valence-corrected chi connectivity index (χ0v) is 14.8. The fourth-order valence-corrected chi connectivity index (χ4v) is 4.19. The summed E-state index contributed by atoms with van der Waals surface area (Å²) in [6, 6.07) is 8.41. The highest BCUT2D eigenvalue weighted by molar-refractivity contribution is 5.81. The number of hydrogen-bond donors (Lipinski definition) is 1. The van der Waals surface area contributed by atoms with Gasteiger partial charge in [0, 0.05) is 37.9 Å². The molecule has 0 radical (unpaired) electrons. The highest BCUT2D eigenvalue weighted by Gasteiger charge is 2.32. The van der Waals surface area contributed by atoms with Crippen molar-refractivity contribution in [3.05, 3.63) is 53.6 Å². The highest BCUT2D eigenvalue weighted by atomic mass is 16.2. The number of aromatic amines is 1. The number of nitrogens with zero attached hydrogens (tertiary/aromatic N) is 3. The van der Waals surface area contributed by atoms with E-state index in [1.54, 1.807) is 0 Å². The van der Waals surface area contributed by atoms with E-state index in [9.17, 15) is 4.79 Å². The lowest BCUT2D eigenvalue weighted by Gasteiger charge is -2.38. The number of H-pyrrole nitrogens is 1. The van der Waals surface area contributed by atoms with Gasteiger partial charge in [-0.15, -0.1) is 0 Å². The van der Waals surface area contributed by atoms with Gasteiger partial charge in [-0.1, -0.05) is 24.3 Å². The summed E-state index contributed by atoms with van der Waals surface area (Å²) in [4.78, 5) is 25.1. The minimum atomic E-state index is -0.0666. The lowest BCUT2D eigenvalue weighted by atomic mass is 9.95. The minimum absolute atomic E-state index is 0.0666. The number of rotatable bonds is 3. The standard InChI is InChI=1S/C20H26N4O/c1-15(23-11-4-7-18(14-23)19-21-9-10-22-19)20(25)24-12-8-16-5-2-3-6-17(16)13-24/h2-3,5-6,9-10,15,18H,4,7-8,11-14H2,1H3,(H,21,22)/t15-,18-/m1/s1. The molecule has 5 heteroatoms. The van der Waals surface area contributed by atoms with Crippen molar-refractivity contribution in [2.75, 3.05) is 19.6 Å². The molecule has 4 rings (SSSR count). The van der Waals surface area contributed by atoms with Crippen molar-refractivity contribution in [2.24, 2.45) is 0 Å². The van der Waals surface area contributed by atoms with Crippen LogP contribution in [-0.2, 0) is 17.8 Å². The van der Waals surface area contributed by atoms with Crippen LogP contribution in [0.25, 0.3) is 0 Å². The number of carbonyl (C=O) groups excluding carboxylic acids is 1. The van der Waals surface area contributed by atoms with Crippen molar-refractivity contribution in [3.63, 3.8) is 0 Å². The second kappa shape index (κ2) is 7.00. The molecule has 0 unspecified atom stereocenters. The molecule has 2 atom stereocenters. The largest absolute Gasteiger partial charge is 0.348 e. The maximum atomic E-state index is 13.1. The molecule has 1 N–H and O–H groups in total. The van der Waals surface area contributed by atoms with E-state index in [-0.39, 0.29) is 11.9 Å². The van der Waals surface area contributed by atoms with Crippen LogP contribution in [0.2, 0.25) is 0 Å². The summed E-state index contributed by atoms with van der Waals surface area (Å²) in [6.45, 7) is 5.54. The number of likely N-dealkylation sites (tertiary alicyclic amines) is 1. The van der Waals surface area contributed by atoms with Crippen molar-refractivity contribution in [1.82, 2.24) is 19.8 Å². The van der Waals surface area contributed by atoms with Gasteiger partial charge in [0.05, 0.1) is 6.04 Å². The molecule has 0 saturated carbocycles. The molecule has 1 aromatic carbocycles. The SMILES string of the molecule is C[C@H](C(=O)N1CCc2ccccc2C1)N1CCC[C@@H](c2ncc[nH]2)C1. The van der Waals surface area contributed by atoms with Crippen molar-refractivity contribution in [2.45, 2.75) is 44.7 Å². The Morgan fingerprint density at radius 1 is 1.28 bits per heavy atom. The first-order valence-corrected chi connectivity index (χ1v) is 9.31. The molecule has 1 amide bonds. The summed E-state index contributed by atoms with van der Waals surface area (Å²) in [5, 5.41) is 0. The number of nitrogens with one attached hydrogen (secondary N) is 1. The van der Waals surface area contributed by atoms with Crippen LogP contribution in [0.15, 0.2) is 36.7 Å². The molecule has 1 saturated heterocycles. The summed E-state index contributed by atoms with van der Waals surface area (Å²) in [5.41, 5.74) is 2.68. The van der Waals surface area contributed by atoms with Crippen LogP contribution in [0.4, 0.5) is 0 Å². The molecular formula is C20H26N4O. The third kappa shape index (κ3) is 3.33. The second-order valence-electron chi connectivity index (χ2n) is 7.26. The molecule has 3 heterocycles. The average Bonchev–Trinajstić information content (AvgIpc) is 3.21.